The smallest absolute Gasteiger partial charge is 0.274 e. The molecule has 0 radical (unpaired) electrons. The Kier molecular flexibility index (Phi) is 6.13. The third-order valence-corrected chi connectivity index (χ3v) is 5.10. The van der Waals surface area contributed by atoms with Gasteiger partial charge in [0.05, 0.1) is 0 Å². The standard InChI is InChI=1S/C19H23N5O2.ClH/c25-18(14-5-2-1-3-6-14)23-9-4-10-24(12-11-23)19(26)17-15-13-20-8-7-16(15)21-22-17;/h1-3,5-6,20H,4,7-13H2,(H,21,22);1H. The average molecular weight is 390 g/mol. The van der Waals surface area contributed by atoms with Crippen molar-refractivity contribution < 1.29 is 9.59 Å². The molecule has 7 nitrogen and oxygen atoms in total. The number of amides is 2. The molecule has 0 bridgehead atoms. The SMILES string of the molecule is Cl.O=C(c1ccccc1)N1CCCN(C(=O)c2n[nH]c3c2CNCC3)CC1. The zero-order valence-electron chi connectivity index (χ0n) is 15.1. The minimum absolute atomic E-state index is 0. The van der Waals surface area contributed by atoms with Crippen molar-refractivity contribution in [3.63, 3.8) is 0 Å². The van der Waals surface area contributed by atoms with Crippen LogP contribution >= 0.6 is 12.4 Å². The number of carbonyl (C=O) groups is 2. The number of benzene rings is 1. The number of aromatic nitrogens is 2. The van der Waals surface area contributed by atoms with Crippen LogP contribution in [-0.2, 0) is 13.0 Å². The summed E-state index contributed by atoms with van der Waals surface area (Å²) in [6.07, 6.45) is 1.64. The maximum absolute atomic E-state index is 12.9. The minimum Gasteiger partial charge on any atom is -0.337 e. The topological polar surface area (TPSA) is 81.3 Å². The van der Waals surface area contributed by atoms with Crippen molar-refractivity contribution >= 4 is 24.2 Å². The van der Waals surface area contributed by atoms with E-state index in [-0.39, 0.29) is 24.2 Å². The fraction of sp³-hybridized carbons (Fsp3) is 0.421. The summed E-state index contributed by atoms with van der Waals surface area (Å²) in [6.45, 7) is 3.98. The molecule has 2 amide bonds. The van der Waals surface area contributed by atoms with E-state index in [1.54, 1.807) is 0 Å². The number of hydrogen-bond acceptors (Lipinski definition) is 4. The number of aromatic amines is 1. The Morgan fingerprint density at radius 3 is 2.41 bits per heavy atom. The summed E-state index contributed by atoms with van der Waals surface area (Å²) < 4.78 is 0. The van der Waals surface area contributed by atoms with Crippen molar-refractivity contribution in [3.8, 4) is 0 Å². The van der Waals surface area contributed by atoms with E-state index in [1.807, 2.05) is 40.1 Å². The van der Waals surface area contributed by atoms with Crippen LogP contribution in [0.4, 0.5) is 0 Å². The molecule has 3 heterocycles. The molecular weight excluding hydrogens is 366 g/mol. The Morgan fingerprint density at radius 1 is 0.963 bits per heavy atom. The van der Waals surface area contributed by atoms with Gasteiger partial charge < -0.3 is 15.1 Å². The van der Waals surface area contributed by atoms with Gasteiger partial charge >= 0.3 is 0 Å². The molecule has 0 saturated carbocycles. The summed E-state index contributed by atoms with van der Waals surface area (Å²) in [5.74, 6) is -0.0125. The molecular formula is C19H24ClN5O2. The van der Waals surface area contributed by atoms with Gasteiger partial charge in [0.2, 0.25) is 0 Å². The number of halogens is 1. The van der Waals surface area contributed by atoms with Gasteiger partial charge in [-0.3, -0.25) is 14.7 Å². The van der Waals surface area contributed by atoms with Gasteiger partial charge in [0.25, 0.3) is 11.8 Å². The lowest BCUT2D eigenvalue weighted by atomic mass is 10.1. The maximum atomic E-state index is 12.9. The van der Waals surface area contributed by atoms with Crippen LogP contribution in [0.25, 0.3) is 0 Å². The minimum atomic E-state index is -0.0415. The molecule has 2 aliphatic heterocycles. The quantitative estimate of drug-likeness (QED) is 0.814. The summed E-state index contributed by atoms with van der Waals surface area (Å²) in [5.41, 5.74) is 3.26. The summed E-state index contributed by atoms with van der Waals surface area (Å²) in [4.78, 5) is 29.3. The lowest BCUT2D eigenvalue weighted by Crippen LogP contribution is -2.38. The third kappa shape index (κ3) is 3.99. The normalized spacial score (nSPS) is 16.9. The van der Waals surface area contributed by atoms with Crippen molar-refractivity contribution in [1.82, 2.24) is 25.3 Å². The maximum Gasteiger partial charge on any atom is 0.274 e. The highest BCUT2D eigenvalue weighted by molar-refractivity contribution is 5.95. The number of nitrogens with one attached hydrogen (secondary N) is 2. The van der Waals surface area contributed by atoms with E-state index >= 15 is 0 Å². The molecule has 8 heteroatoms. The second-order valence-corrected chi connectivity index (χ2v) is 6.76. The van der Waals surface area contributed by atoms with Crippen molar-refractivity contribution in [1.29, 1.82) is 0 Å². The number of rotatable bonds is 2. The highest BCUT2D eigenvalue weighted by Gasteiger charge is 2.28. The highest BCUT2D eigenvalue weighted by atomic mass is 35.5. The van der Waals surface area contributed by atoms with E-state index in [9.17, 15) is 9.59 Å². The summed E-state index contributed by atoms with van der Waals surface area (Å²) >= 11 is 0. The molecule has 0 unspecified atom stereocenters. The van der Waals surface area contributed by atoms with Crippen LogP contribution in [0.15, 0.2) is 30.3 Å². The molecule has 0 atom stereocenters. The number of hydrogen-bond donors (Lipinski definition) is 2. The summed E-state index contributed by atoms with van der Waals surface area (Å²) in [7, 11) is 0. The van der Waals surface area contributed by atoms with Gasteiger partial charge in [0.15, 0.2) is 5.69 Å². The van der Waals surface area contributed by atoms with E-state index in [1.165, 1.54) is 0 Å². The molecule has 144 valence electrons. The van der Waals surface area contributed by atoms with Crippen LogP contribution in [0, 0.1) is 0 Å². The van der Waals surface area contributed by atoms with Crippen LogP contribution in [-0.4, -0.2) is 64.5 Å². The monoisotopic (exact) mass is 389 g/mol. The Hall–Kier alpha value is -2.38. The zero-order valence-corrected chi connectivity index (χ0v) is 15.9. The molecule has 0 aliphatic carbocycles. The molecule has 27 heavy (non-hydrogen) atoms. The fourth-order valence-corrected chi connectivity index (χ4v) is 3.64. The number of nitrogens with zero attached hydrogens (tertiary/aromatic N) is 3. The molecule has 1 fully saturated rings. The lowest BCUT2D eigenvalue weighted by molar-refractivity contribution is 0.0715. The van der Waals surface area contributed by atoms with E-state index in [2.05, 4.69) is 15.5 Å². The van der Waals surface area contributed by atoms with E-state index in [4.69, 9.17) is 0 Å². The second kappa shape index (κ2) is 8.54. The first kappa shape index (κ1) is 19.4. The molecule has 2 aliphatic rings. The fourth-order valence-electron chi connectivity index (χ4n) is 3.64. The second-order valence-electron chi connectivity index (χ2n) is 6.76. The van der Waals surface area contributed by atoms with Gasteiger partial charge in [-0.05, 0) is 18.6 Å². The molecule has 4 rings (SSSR count). The van der Waals surface area contributed by atoms with Gasteiger partial charge in [-0.2, -0.15) is 5.10 Å². The summed E-state index contributed by atoms with van der Waals surface area (Å²) in [5, 5.41) is 10.6. The highest BCUT2D eigenvalue weighted by Crippen LogP contribution is 2.18. The predicted octanol–water partition coefficient (Wildman–Crippen LogP) is 1.47. The largest absolute Gasteiger partial charge is 0.337 e. The number of carbonyl (C=O) groups excluding carboxylic acids is 2. The Balaban J connectivity index is 0.00000210. The van der Waals surface area contributed by atoms with Crippen LogP contribution in [0.5, 0.6) is 0 Å². The predicted molar refractivity (Wildman–Crippen MR) is 104 cm³/mol. The zero-order chi connectivity index (χ0) is 17.9. The molecule has 1 aromatic carbocycles. The van der Waals surface area contributed by atoms with Gasteiger partial charge in [-0.1, -0.05) is 18.2 Å². The molecule has 2 aromatic rings. The molecule has 1 aromatic heterocycles. The van der Waals surface area contributed by atoms with Crippen molar-refractivity contribution in [3.05, 3.63) is 52.8 Å². The third-order valence-electron chi connectivity index (χ3n) is 5.10. The van der Waals surface area contributed by atoms with Crippen LogP contribution in [0.2, 0.25) is 0 Å². The van der Waals surface area contributed by atoms with Crippen molar-refractivity contribution in [2.45, 2.75) is 19.4 Å². The lowest BCUT2D eigenvalue weighted by Gasteiger charge is -2.22. The Morgan fingerprint density at radius 2 is 1.67 bits per heavy atom. The number of fused-ring (bicyclic) bond motifs is 1. The first-order chi connectivity index (χ1) is 12.7. The van der Waals surface area contributed by atoms with E-state index in [0.29, 0.717) is 44.0 Å². The van der Waals surface area contributed by atoms with Crippen LogP contribution in [0.1, 0.15) is 38.5 Å². The van der Waals surface area contributed by atoms with Crippen LogP contribution in [0.3, 0.4) is 0 Å². The van der Waals surface area contributed by atoms with Gasteiger partial charge in [0, 0.05) is 62.5 Å². The average Bonchev–Trinajstić information content (AvgIpc) is 2.97. The van der Waals surface area contributed by atoms with Crippen molar-refractivity contribution in [2.24, 2.45) is 0 Å². The van der Waals surface area contributed by atoms with Gasteiger partial charge in [-0.25, -0.2) is 0 Å². The van der Waals surface area contributed by atoms with E-state index < -0.39 is 0 Å². The van der Waals surface area contributed by atoms with E-state index in [0.717, 1.165) is 30.6 Å². The first-order valence-electron chi connectivity index (χ1n) is 9.14. The number of H-pyrrole nitrogens is 1. The van der Waals surface area contributed by atoms with Crippen molar-refractivity contribution in [2.75, 3.05) is 32.7 Å². The van der Waals surface area contributed by atoms with Gasteiger partial charge in [-0.15, -0.1) is 12.4 Å². The Labute approximate surface area is 164 Å². The van der Waals surface area contributed by atoms with Crippen LogP contribution < -0.4 is 5.32 Å². The molecule has 0 spiro atoms. The first-order valence-corrected chi connectivity index (χ1v) is 9.14. The Bertz CT molecular complexity index is 808. The molecule has 1 saturated heterocycles. The van der Waals surface area contributed by atoms with Gasteiger partial charge in [0.1, 0.15) is 0 Å². The summed E-state index contributed by atoms with van der Waals surface area (Å²) in [6, 6.07) is 9.31. The molecule has 2 N–H and O–H groups in total.